The number of rotatable bonds is 5. The molecule has 2 heterocycles. The van der Waals surface area contributed by atoms with E-state index in [0.717, 1.165) is 23.3 Å². The van der Waals surface area contributed by atoms with Gasteiger partial charge < -0.3 is 20.1 Å². The van der Waals surface area contributed by atoms with Gasteiger partial charge >= 0.3 is 6.03 Å². The predicted octanol–water partition coefficient (Wildman–Crippen LogP) is 2.56. The monoisotopic (exact) mass is 421 g/mol. The number of benzene rings is 1. The molecule has 0 aliphatic carbocycles. The average Bonchev–Trinajstić information content (AvgIpc) is 2.64. The Morgan fingerprint density at radius 3 is 3.00 bits per heavy atom. The summed E-state index contributed by atoms with van der Waals surface area (Å²) in [5, 5.41) is 8.67. The minimum Gasteiger partial charge on any atom is -0.489 e. The predicted molar refractivity (Wildman–Crippen MR) is 102 cm³/mol. The maximum absolute atomic E-state index is 12.2. The SMILES string of the molecule is Cc1cnc(NC(=O)Nc2cc(Br)ccc2OC[C@H]2CNCCO2)cn1. The molecule has 1 aliphatic heterocycles. The molecule has 1 fully saturated rings. The number of halogens is 1. The van der Waals surface area contributed by atoms with Gasteiger partial charge in [-0.25, -0.2) is 9.78 Å². The normalized spacial score (nSPS) is 16.8. The molecule has 0 spiro atoms. The molecule has 0 saturated carbocycles. The summed E-state index contributed by atoms with van der Waals surface area (Å²) >= 11 is 3.40. The molecule has 1 atom stereocenters. The number of carbonyl (C=O) groups excluding carboxylic acids is 1. The van der Waals surface area contributed by atoms with E-state index in [1.807, 2.05) is 13.0 Å². The van der Waals surface area contributed by atoms with Crippen LogP contribution in [0.25, 0.3) is 0 Å². The average molecular weight is 422 g/mol. The number of aryl methyl sites for hydroxylation is 1. The van der Waals surface area contributed by atoms with Crippen molar-refractivity contribution < 1.29 is 14.3 Å². The van der Waals surface area contributed by atoms with Crippen LogP contribution in [-0.4, -0.2) is 48.4 Å². The molecule has 9 heteroatoms. The molecule has 138 valence electrons. The first-order chi connectivity index (χ1) is 12.6. The summed E-state index contributed by atoms with van der Waals surface area (Å²) in [6, 6.07) is 4.99. The summed E-state index contributed by atoms with van der Waals surface area (Å²) < 4.78 is 12.3. The molecule has 0 unspecified atom stereocenters. The molecule has 26 heavy (non-hydrogen) atoms. The second-order valence-corrected chi connectivity index (χ2v) is 6.69. The number of hydrogen-bond donors (Lipinski definition) is 3. The highest BCUT2D eigenvalue weighted by molar-refractivity contribution is 9.10. The van der Waals surface area contributed by atoms with Crippen molar-refractivity contribution in [2.24, 2.45) is 0 Å². The molecule has 3 N–H and O–H groups in total. The third kappa shape index (κ3) is 5.38. The Morgan fingerprint density at radius 1 is 1.38 bits per heavy atom. The van der Waals surface area contributed by atoms with E-state index in [1.165, 1.54) is 6.20 Å². The molecule has 1 aromatic carbocycles. The van der Waals surface area contributed by atoms with Crippen LogP contribution < -0.4 is 20.7 Å². The maximum Gasteiger partial charge on any atom is 0.325 e. The lowest BCUT2D eigenvalue weighted by atomic mass is 10.3. The largest absolute Gasteiger partial charge is 0.489 e. The van der Waals surface area contributed by atoms with Gasteiger partial charge in [0.25, 0.3) is 0 Å². The fourth-order valence-electron chi connectivity index (χ4n) is 2.36. The van der Waals surface area contributed by atoms with Crippen LogP contribution in [0.2, 0.25) is 0 Å². The van der Waals surface area contributed by atoms with Crippen molar-refractivity contribution in [1.82, 2.24) is 15.3 Å². The van der Waals surface area contributed by atoms with Crippen molar-refractivity contribution in [1.29, 1.82) is 0 Å². The molecule has 2 aromatic rings. The molecule has 2 amide bonds. The topological polar surface area (TPSA) is 97.4 Å². The van der Waals surface area contributed by atoms with Gasteiger partial charge in [0.05, 0.1) is 30.4 Å². The number of aromatic nitrogens is 2. The van der Waals surface area contributed by atoms with Gasteiger partial charge in [-0.3, -0.25) is 10.3 Å². The second-order valence-electron chi connectivity index (χ2n) is 5.77. The summed E-state index contributed by atoms with van der Waals surface area (Å²) in [4.78, 5) is 20.4. The quantitative estimate of drug-likeness (QED) is 0.686. The number of hydrogen-bond acceptors (Lipinski definition) is 6. The zero-order chi connectivity index (χ0) is 18.4. The van der Waals surface area contributed by atoms with Gasteiger partial charge in [0.15, 0.2) is 5.82 Å². The Hall–Kier alpha value is -2.23. The maximum atomic E-state index is 12.2. The smallest absolute Gasteiger partial charge is 0.325 e. The molecular weight excluding hydrogens is 402 g/mol. The van der Waals surface area contributed by atoms with Gasteiger partial charge in [0, 0.05) is 17.6 Å². The number of carbonyl (C=O) groups is 1. The summed E-state index contributed by atoms with van der Waals surface area (Å²) in [7, 11) is 0. The fourth-order valence-corrected chi connectivity index (χ4v) is 2.72. The first-order valence-corrected chi connectivity index (χ1v) is 9.01. The summed E-state index contributed by atoms with van der Waals surface area (Å²) in [5.41, 5.74) is 1.32. The number of nitrogens with one attached hydrogen (secondary N) is 3. The zero-order valence-electron chi connectivity index (χ0n) is 14.3. The van der Waals surface area contributed by atoms with Crippen molar-refractivity contribution in [2.45, 2.75) is 13.0 Å². The number of nitrogens with zero attached hydrogens (tertiary/aromatic N) is 2. The molecular formula is C17H20BrN5O3. The van der Waals surface area contributed by atoms with Crippen LogP contribution in [0.15, 0.2) is 35.1 Å². The van der Waals surface area contributed by atoms with Crippen LogP contribution in [0.1, 0.15) is 5.69 Å². The van der Waals surface area contributed by atoms with Crippen LogP contribution in [0.3, 0.4) is 0 Å². The van der Waals surface area contributed by atoms with Crippen LogP contribution in [-0.2, 0) is 4.74 Å². The molecule has 1 saturated heterocycles. The highest BCUT2D eigenvalue weighted by atomic mass is 79.9. The zero-order valence-corrected chi connectivity index (χ0v) is 15.9. The Bertz CT molecular complexity index is 751. The van der Waals surface area contributed by atoms with Gasteiger partial charge in [0.1, 0.15) is 18.5 Å². The summed E-state index contributed by atoms with van der Waals surface area (Å²) in [5.74, 6) is 0.930. The second kappa shape index (κ2) is 8.93. The van der Waals surface area contributed by atoms with E-state index in [9.17, 15) is 4.79 Å². The van der Waals surface area contributed by atoms with Crippen molar-refractivity contribution in [2.75, 3.05) is 36.9 Å². The number of ether oxygens (including phenoxy) is 2. The summed E-state index contributed by atoms with van der Waals surface area (Å²) in [6.07, 6.45) is 3.07. The van der Waals surface area contributed by atoms with E-state index in [1.54, 1.807) is 18.3 Å². The van der Waals surface area contributed by atoms with Gasteiger partial charge in [-0.15, -0.1) is 0 Å². The van der Waals surface area contributed by atoms with Gasteiger partial charge in [-0.05, 0) is 25.1 Å². The van der Waals surface area contributed by atoms with E-state index in [-0.39, 0.29) is 6.10 Å². The summed E-state index contributed by atoms with van der Waals surface area (Å²) in [6.45, 7) is 4.48. The number of anilines is 2. The number of urea groups is 1. The van der Waals surface area contributed by atoms with E-state index in [2.05, 4.69) is 41.8 Å². The van der Waals surface area contributed by atoms with Crippen molar-refractivity contribution >= 4 is 33.5 Å². The first kappa shape index (κ1) is 18.6. The molecule has 1 aliphatic rings. The van der Waals surface area contributed by atoms with Gasteiger partial charge in [-0.2, -0.15) is 0 Å². The Labute approximate surface area is 159 Å². The first-order valence-electron chi connectivity index (χ1n) is 8.21. The van der Waals surface area contributed by atoms with Gasteiger partial charge in [0.2, 0.25) is 0 Å². The van der Waals surface area contributed by atoms with Crippen LogP contribution in [0.5, 0.6) is 5.75 Å². The number of morpholine rings is 1. The Morgan fingerprint density at radius 2 is 2.27 bits per heavy atom. The van der Waals surface area contributed by atoms with E-state index < -0.39 is 6.03 Å². The van der Waals surface area contributed by atoms with Crippen molar-refractivity contribution in [3.05, 3.63) is 40.8 Å². The van der Waals surface area contributed by atoms with Crippen molar-refractivity contribution in [3.8, 4) is 5.75 Å². The minimum absolute atomic E-state index is 0.0168. The molecule has 0 radical (unpaired) electrons. The minimum atomic E-state index is -0.429. The lowest BCUT2D eigenvalue weighted by Gasteiger charge is -2.24. The van der Waals surface area contributed by atoms with E-state index >= 15 is 0 Å². The molecule has 0 bridgehead atoms. The highest BCUT2D eigenvalue weighted by Crippen LogP contribution is 2.28. The third-order valence-electron chi connectivity index (χ3n) is 3.64. The third-order valence-corrected chi connectivity index (χ3v) is 4.13. The van der Waals surface area contributed by atoms with Gasteiger partial charge in [-0.1, -0.05) is 15.9 Å². The lowest BCUT2D eigenvalue weighted by molar-refractivity contribution is 0.000349. The van der Waals surface area contributed by atoms with Crippen LogP contribution in [0, 0.1) is 6.92 Å². The number of amides is 2. The van der Waals surface area contributed by atoms with Crippen LogP contribution in [0.4, 0.5) is 16.3 Å². The lowest BCUT2D eigenvalue weighted by Crippen LogP contribution is -2.41. The van der Waals surface area contributed by atoms with Crippen molar-refractivity contribution in [3.63, 3.8) is 0 Å². The van der Waals surface area contributed by atoms with Crippen LogP contribution >= 0.6 is 15.9 Å². The molecule has 3 rings (SSSR count). The highest BCUT2D eigenvalue weighted by Gasteiger charge is 2.16. The fraction of sp³-hybridized carbons (Fsp3) is 0.353. The van der Waals surface area contributed by atoms with E-state index in [4.69, 9.17) is 9.47 Å². The molecule has 8 nitrogen and oxygen atoms in total. The van der Waals surface area contributed by atoms with E-state index in [0.29, 0.717) is 30.5 Å². The Balaban J connectivity index is 1.62. The standard InChI is InChI=1S/C17H20BrN5O3/c1-11-7-21-16(9-20-11)23-17(24)22-14-6-12(18)2-3-15(14)26-10-13-8-19-4-5-25-13/h2-3,6-7,9,13,19H,4-5,8,10H2,1H3,(H2,21,22,23,24)/t13-/m1/s1. The molecule has 1 aromatic heterocycles. The Kier molecular flexibility index (Phi) is 6.37.